The van der Waals surface area contributed by atoms with Crippen LogP contribution < -0.4 is 0 Å². The molecular formula is C7H5NOS. The minimum absolute atomic E-state index is 0.00204. The van der Waals surface area contributed by atoms with E-state index in [9.17, 15) is 4.79 Å². The number of ketones is 1. The zero-order valence-electron chi connectivity index (χ0n) is 5.20. The fraction of sp³-hybridized carbons (Fsp3) is 0.143. The van der Waals surface area contributed by atoms with Gasteiger partial charge in [0, 0.05) is 12.0 Å². The monoisotopic (exact) mass is 151 g/mol. The summed E-state index contributed by atoms with van der Waals surface area (Å²) in [7, 11) is 0. The van der Waals surface area contributed by atoms with Crippen LogP contribution in [0.2, 0.25) is 0 Å². The molecule has 3 heteroatoms. The second kappa shape index (κ2) is 3.23. The van der Waals surface area contributed by atoms with Gasteiger partial charge in [0.25, 0.3) is 0 Å². The molecule has 0 saturated carbocycles. The van der Waals surface area contributed by atoms with Gasteiger partial charge >= 0.3 is 0 Å². The maximum absolute atomic E-state index is 10.8. The number of carbonyl (C=O) groups is 1. The van der Waals surface area contributed by atoms with Crippen molar-refractivity contribution in [2.24, 2.45) is 0 Å². The highest BCUT2D eigenvalue weighted by Gasteiger charge is 2.04. The highest BCUT2D eigenvalue weighted by atomic mass is 32.2. The third kappa shape index (κ3) is 1.74. The number of hydrogen-bond acceptors (Lipinski definition) is 3. The topological polar surface area (TPSA) is 40.9 Å². The summed E-state index contributed by atoms with van der Waals surface area (Å²) < 4.78 is 0. The van der Waals surface area contributed by atoms with E-state index in [4.69, 9.17) is 5.26 Å². The van der Waals surface area contributed by atoms with Crippen LogP contribution in [0.15, 0.2) is 22.5 Å². The average molecular weight is 151 g/mol. The van der Waals surface area contributed by atoms with Gasteiger partial charge in [-0.1, -0.05) is 0 Å². The van der Waals surface area contributed by atoms with Crippen LogP contribution in [-0.2, 0) is 4.79 Å². The fourth-order valence-corrected chi connectivity index (χ4v) is 1.20. The number of allylic oxidation sites excluding steroid dienone is 2. The van der Waals surface area contributed by atoms with Crippen LogP contribution in [0.25, 0.3) is 0 Å². The van der Waals surface area contributed by atoms with E-state index in [0.29, 0.717) is 5.57 Å². The molecule has 1 rings (SSSR count). The SMILES string of the molecule is N#CC1=CSC=CC(=O)C1. The van der Waals surface area contributed by atoms with E-state index in [2.05, 4.69) is 0 Å². The van der Waals surface area contributed by atoms with Gasteiger partial charge in [0.2, 0.25) is 0 Å². The third-order valence-electron chi connectivity index (χ3n) is 1.05. The molecule has 0 amide bonds. The first-order chi connectivity index (χ1) is 4.83. The van der Waals surface area contributed by atoms with Gasteiger partial charge in [0.05, 0.1) is 6.07 Å². The molecule has 1 aliphatic rings. The molecule has 1 aliphatic heterocycles. The Morgan fingerprint density at radius 2 is 2.50 bits per heavy atom. The molecule has 0 aromatic carbocycles. The number of nitriles is 1. The van der Waals surface area contributed by atoms with Gasteiger partial charge in [0.15, 0.2) is 5.78 Å². The van der Waals surface area contributed by atoms with Crippen LogP contribution in [0.5, 0.6) is 0 Å². The van der Waals surface area contributed by atoms with E-state index in [0.717, 1.165) is 0 Å². The Hall–Kier alpha value is -1.01. The molecule has 0 aromatic rings. The summed E-state index contributed by atoms with van der Waals surface area (Å²) in [6, 6.07) is 1.95. The number of hydrogen-bond donors (Lipinski definition) is 0. The van der Waals surface area contributed by atoms with Crippen LogP contribution in [0.3, 0.4) is 0 Å². The predicted molar refractivity (Wildman–Crippen MR) is 40.1 cm³/mol. The third-order valence-corrected chi connectivity index (χ3v) is 1.76. The first kappa shape index (κ1) is 7.10. The van der Waals surface area contributed by atoms with Gasteiger partial charge < -0.3 is 0 Å². The van der Waals surface area contributed by atoms with Gasteiger partial charge in [-0.15, -0.1) is 11.8 Å². The van der Waals surface area contributed by atoms with Crippen molar-refractivity contribution in [2.75, 3.05) is 0 Å². The highest BCUT2D eigenvalue weighted by molar-refractivity contribution is 8.05. The molecule has 0 spiro atoms. The molecule has 0 bridgehead atoms. The molecule has 0 N–H and O–H groups in total. The molecule has 0 fully saturated rings. The lowest BCUT2D eigenvalue weighted by atomic mass is 10.2. The van der Waals surface area contributed by atoms with Gasteiger partial charge in [-0.05, 0) is 16.9 Å². The smallest absolute Gasteiger partial charge is 0.161 e. The molecule has 0 atom stereocenters. The first-order valence-electron chi connectivity index (χ1n) is 2.77. The van der Waals surface area contributed by atoms with Gasteiger partial charge in [-0.25, -0.2) is 0 Å². The maximum atomic E-state index is 10.8. The molecule has 0 unspecified atom stereocenters. The lowest BCUT2D eigenvalue weighted by Crippen LogP contribution is -1.91. The van der Waals surface area contributed by atoms with Crippen LogP contribution >= 0.6 is 11.8 Å². The largest absolute Gasteiger partial charge is 0.294 e. The maximum Gasteiger partial charge on any atom is 0.161 e. The summed E-state index contributed by atoms with van der Waals surface area (Å²) >= 11 is 1.37. The lowest BCUT2D eigenvalue weighted by Gasteiger charge is -1.86. The van der Waals surface area contributed by atoms with Crippen molar-refractivity contribution in [2.45, 2.75) is 6.42 Å². The molecule has 10 heavy (non-hydrogen) atoms. The normalized spacial score (nSPS) is 17.5. The second-order valence-electron chi connectivity index (χ2n) is 1.84. The first-order valence-corrected chi connectivity index (χ1v) is 3.71. The fourth-order valence-electron chi connectivity index (χ4n) is 0.591. The van der Waals surface area contributed by atoms with Crippen molar-refractivity contribution in [3.05, 3.63) is 22.5 Å². The van der Waals surface area contributed by atoms with Crippen LogP contribution in [-0.4, -0.2) is 5.78 Å². The molecule has 0 radical (unpaired) electrons. The molecular weight excluding hydrogens is 146 g/mol. The molecule has 1 heterocycles. The molecule has 0 saturated heterocycles. The summed E-state index contributed by atoms with van der Waals surface area (Å²) in [5.41, 5.74) is 0.542. The summed E-state index contributed by atoms with van der Waals surface area (Å²) in [6.45, 7) is 0. The quantitative estimate of drug-likeness (QED) is 0.528. The summed E-state index contributed by atoms with van der Waals surface area (Å²) in [5, 5.41) is 11.8. The van der Waals surface area contributed by atoms with Crippen LogP contribution in [0.1, 0.15) is 6.42 Å². The second-order valence-corrected chi connectivity index (χ2v) is 2.62. The van der Waals surface area contributed by atoms with Crippen LogP contribution in [0.4, 0.5) is 0 Å². The molecule has 0 aromatic heterocycles. The Labute approximate surface area is 63.2 Å². The Bertz CT molecular complexity index is 247. The van der Waals surface area contributed by atoms with E-state index in [1.54, 1.807) is 10.8 Å². The van der Waals surface area contributed by atoms with Crippen molar-refractivity contribution in [3.8, 4) is 6.07 Å². The predicted octanol–water partition coefficient (Wildman–Crippen LogP) is 1.61. The summed E-state index contributed by atoms with van der Waals surface area (Å²) in [5.74, 6) is -0.00204. The van der Waals surface area contributed by atoms with Crippen molar-refractivity contribution >= 4 is 17.5 Å². The number of rotatable bonds is 0. The van der Waals surface area contributed by atoms with E-state index in [1.807, 2.05) is 6.07 Å². The standard InChI is InChI=1S/C7H5NOS/c8-4-6-3-7(9)1-2-10-5-6/h1-2,5H,3H2. The van der Waals surface area contributed by atoms with Gasteiger partial charge in [-0.3, -0.25) is 4.79 Å². The molecule has 2 nitrogen and oxygen atoms in total. The van der Waals surface area contributed by atoms with Gasteiger partial charge in [-0.2, -0.15) is 5.26 Å². The Balaban J connectivity index is 2.76. The van der Waals surface area contributed by atoms with E-state index < -0.39 is 0 Å². The Morgan fingerprint density at radius 3 is 3.20 bits per heavy atom. The highest BCUT2D eigenvalue weighted by Crippen LogP contribution is 2.15. The average Bonchev–Trinajstić information content (AvgIpc) is 2.13. The van der Waals surface area contributed by atoms with Crippen molar-refractivity contribution in [1.82, 2.24) is 0 Å². The number of carbonyl (C=O) groups excluding carboxylic acids is 1. The summed E-state index contributed by atoms with van der Waals surface area (Å²) in [6.07, 6.45) is 1.74. The van der Waals surface area contributed by atoms with E-state index >= 15 is 0 Å². The minimum atomic E-state index is -0.00204. The molecule has 0 aliphatic carbocycles. The van der Waals surface area contributed by atoms with E-state index in [1.165, 1.54) is 17.8 Å². The van der Waals surface area contributed by atoms with Gasteiger partial charge in [0.1, 0.15) is 0 Å². The van der Waals surface area contributed by atoms with Crippen molar-refractivity contribution < 1.29 is 4.79 Å². The molecule has 50 valence electrons. The number of thioether (sulfide) groups is 1. The zero-order valence-corrected chi connectivity index (χ0v) is 6.02. The van der Waals surface area contributed by atoms with Crippen LogP contribution in [0, 0.1) is 11.3 Å². The van der Waals surface area contributed by atoms with E-state index in [-0.39, 0.29) is 12.2 Å². The zero-order chi connectivity index (χ0) is 7.40. The summed E-state index contributed by atoms with van der Waals surface area (Å²) in [4.78, 5) is 10.8. The van der Waals surface area contributed by atoms with Crippen molar-refractivity contribution in [1.29, 1.82) is 5.26 Å². The van der Waals surface area contributed by atoms with Crippen molar-refractivity contribution in [3.63, 3.8) is 0 Å². The Morgan fingerprint density at radius 1 is 1.70 bits per heavy atom. The minimum Gasteiger partial charge on any atom is -0.294 e. The lowest BCUT2D eigenvalue weighted by molar-refractivity contribution is -0.113. The Kier molecular flexibility index (Phi) is 2.30. The number of nitrogens with zero attached hydrogens (tertiary/aromatic N) is 1.